The number of aliphatic imine (C=N–C) groups is 1. The Morgan fingerprint density at radius 1 is 1.38 bits per heavy atom. The summed E-state index contributed by atoms with van der Waals surface area (Å²) in [6, 6.07) is 2.13. The van der Waals surface area contributed by atoms with Gasteiger partial charge in [-0.3, -0.25) is 0 Å². The first-order valence-corrected chi connectivity index (χ1v) is 6.33. The Kier molecular flexibility index (Phi) is 5.40. The van der Waals surface area contributed by atoms with E-state index in [0.29, 0.717) is 0 Å². The Morgan fingerprint density at radius 2 is 2.05 bits per heavy atom. The van der Waals surface area contributed by atoms with Crippen LogP contribution in [0.3, 0.4) is 0 Å². The lowest BCUT2D eigenvalue weighted by Crippen LogP contribution is -2.45. The van der Waals surface area contributed by atoms with E-state index in [1.807, 2.05) is 20.8 Å². The van der Waals surface area contributed by atoms with Crippen molar-refractivity contribution < 1.29 is 17.9 Å². The van der Waals surface area contributed by atoms with E-state index in [4.69, 9.17) is 10.5 Å². The second kappa shape index (κ2) is 6.64. The van der Waals surface area contributed by atoms with Gasteiger partial charge >= 0.3 is 6.18 Å². The molecule has 0 amide bonds. The molecule has 1 rings (SSSR count). The van der Waals surface area contributed by atoms with Crippen LogP contribution in [0.25, 0.3) is 0 Å². The number of ether oxygens (including phenoxy) is 1. The van der Waals surface area contributed by atoms with E-state index in [9.17, 15) is 13.2 Å². The van der Waals surface area contributed by atoms with Crippen LogP contribution >= 0.6 is 0 Å². The van der Waals surface area contributed by atoms with Crippen molar-refractivity contribution in [3.63, 3.8) is 0 Å². The van der Waals surface area contributed by atoms with Crippen molar-refractivity contribution in [3.05, 3.63) is 23.9 Å². The number of nitrogens with zero attached hydrogens (tertiary/aromatic N) is 2. The first kappa shape index (κ1) is 17.1. The number of halogens is 3. The average molecular weight is 304 g/mol. The standard InChI is InChI=1S/C13H19F3N4O/c1-12(2,3)20-11(17)19-7-8-21-10-9(13(14,15)16)5-4-6-18-10/h4-6H,7-8H2,1-3H3,(H3,17,19,20). The molecule has 1 aromatic heterocycles. The van der Waals surface area contributed by atoms with Gasteiger partial charge in [-0.05, 0) is 32.9 Å². The molecule has 0 atom stereocenters. The molecular formula is C13H19F3N4O. The van der Waals surface area contributed by atoms with Crippen molar-refractivity contribution in [1.29, 1.82) is 0 Å². The number of guanidine groups is 1. The van der Waals surface area contributed by atoms with Gasteiger partial charge in [-0.1, -0.05) is 0 Å². The van der Waals surface area contributed by atoms with Crippen LogP contribution in [0.2, 0.25) is 0 Å². The molecule has 0 aliphatic carbocycles. The van der Waals surface area contributed by atoms with Gasteiger partial charge in [-0.25, -0.2) is 9.98 Å². The van der Waals surface area contributed by atoms with E-state index in [-0.39, 0.29) is 24.7 Å². The minimum Gasteiger partial charge on any atom is -0.475 e. The fraction of sp³-hybridized carbons (Fsp3) is 0.538. The van der Waals surface area contributed by atoms with Gasteiger partial charge in [0, 0.05) is 11.7 Å². The highest BCUT2D eigenvalue weighted by Gasteiger charge is 2.34. The third kappa shape index (κ3) is 6.33. The highest BCUT2D eigenvalue weighted by atomic mass is 19.4. The lowest BCUT2D eigenvalue weighted by atomic mass is 10.1. The Morgan fingerprint density at radius 3 is 2.62 bits per heavy atom. The summed E-state index contributed by atoms with van der Waals surface area (Å²) in [7, 11) is 0. The van der Waals surface area contributed by atoms with E-state index in [2.05, 4.69) is 15.3 Å². The van der Waals surface area contributed by atoms with Gasteiger partial charge < -0.3 is 15.8 Å². The van der Waals surface area contributed by atoms with Gasteiger partial charge in [-0.15, -0.1) is 0 Å². The lowest BCUT2D eigenvalue weighted by Gasteiger charge is -2.21. The predicted octanol–water partition coefficient (Wildman–Crippen LogP) is 2.18. The van der Waals surface area contributed by atoms with Crippen LogP contribution in [0, 0.1) is 0 Å². The molecule has 0 aromatic carbocycles. The molecule has 118 valence electrons. The van der Waals surface area contributed by atoms with E-state index >= 15 is 0 Å². The van der Waals surface area contributed by atoms with E-state index in [1.165, 1.54) is 12.3 Å². The molecule has 0 radical (unpaired) electrons. The highest BCUT2D eigenvalue weighted by Crippen LogP contribution is 2.34. The number of hydrogen-bond donors (Lipinski definition) is 2. The first-order chi connectivity index (χ1) is 9.59. The topological polar surface area (TPSA) is 72.5 Å². The minimum atomic E-state index is -4.50. The number of nitrogens with one attached hydrogen (secondary N) is 1. The van der Waals surface area contributed by atoms with Crippen LogP contribution in [0.5, 0.6) is 5.88 Å². The Labute approximate surface area is 121 Å². The maximum Gasteiger partial charge on any atom is 0.421 e. The maximum absolute atomic E-state index is 12.7. The number of nitrogens with two attached hydrogens (primary N) is 1. The van der Waals surface area contributed by atoms with Crippen LogP contribution in [-0.2, 0) is 6.18 Å². The molecule has 0 aliphatic heterocycles. The smallest absolute Gasteiger partial charge is 0.421 e. The molecule has 3 N–H and O–H groups in total. The summed E-state index contributed by atoms with van der Waals surface area (Å²) in [5, 5.41) is 2.93. The highest BCUT2D eigenvalue weighted by molar-refractivity contribution is 5.78. The molecule has 0 unspecified atom stereocenters. The Hall–Kier alpha value is -1.99. The summed E-state index contributed by atoms with van der Waals surface area (Å²) in [6.45, 7) is 5.82. The van der Waals surface area contributed by atoms with Crippen molar-refractivity contribution >= 4 is 5.96 Å². The largest absolute Gasteiger partial charge is 0.475 e. The Balaban J connectivity index is 2.56. The molecule has 5 nitrogen and oxygen atoms in total. The zero-order valence-corrected chi connectivity index (χ0v) is 12.2. The summed E-state index contributed by atoms with van der Waals surface area (Å²) in [5.41, 5.74) is 4.48. The van der Waals surface area contributed by atoms with Gasteiger partial charge in [0.2, 0.25) is 5.88 Å². The number of rotatable bonds is 4. The molecule has 21 heavy (non-hydrogen) atoms. The van der Waals surface area contributed by atoms with Crippen molar-refractivity contribution in [2.24, 2.45) is 10.7 Å². The third-order valence-electron chi connectivity index (χ3n) is 2.19. The van der Waals surface area contributed by atoms with Crippen molar-refractivity contribution in [2.45, 2.75) is 32.5 Å². The number of aromatic nitrogens is 1. The van der Waals surface area contributed by atoms with Crippen molar-refractivity contribution in [1.82, 2.24) is 10.3 Å². The van der Waals surface area contributed by atoms with Crippen LogP contribution in [0.15, 0.2) is 23.3 Å². The zero-order valence-electron chi connectivity index (χ0n) is 12.2. The molecule has 0 bridgehead atoms. The SMILES string of the molecule is CC(C)(C)NC(N)=NCCOc1ncccc1C(F)(F)F. The molecule has 0 saturated carbocycles. The molecular weight excluding hydrogens is 285 g/mol. The van der Waals surface area contributed by atoms with Gasteiger partial charge in [-0.2, -0.15) is 13.2 Å². The maximum atomic E-state index is 12.7. The second-order valence-corrected chi connectivity index (χ2v) is 5.34. The first-order valence-electron chi connectivity index (χ1n) is 6.33. The van der Waals surface area contributed by atoms with Crippen LogP contribution in [0.4, 0.5) is 13.2 Å². The molecule has 0 spiro atoms. The van der Waals surface area contributed by atoms with E-state index < -0.39 is 17.6 Å². The van der Waals surface area contributed by atoms with Gasteiger partial charge in [0.1, 0.15) is 12.2 Å². The number of alkyl halides is 3. The van der Waals surface area contributed by atoms with Crippen molar-refractivity contribution in [3.8, 4) is 5.88 Å². The van der Waals surface area contributed by atoms with Crippen LogP contribution in [-0.4, -0.2) is 29.6 Å². The Bertz CT molecular complexity index is 495. The number of hydrogen-bond acceptors (Lipinski definition) is 3. The monoisotopic (exact) mass is 304 g/mol. The average Bonchev–Trinajstić information content (AvgIpc) is 2.32. The summed E-state index contributed by atoms with van der Waals surface area (Å²) in [4.78, 5) is 7.55. The molecule has 1 aromatic rings. The third-order valence-corrected chi connectivity index (χ3v) is 2.19. The molecule has 0 saturated heterocycles. The molecule has 8 heteroatoms. The predicted molar refractivity (Wildman–Crippen MR) is 74.1 cm³/mol. The quantitative estimate of drug-likeness (QED) is 0.508. The van der Waals surface area contributed by atoms with Crippen molar-refractivity contribution in [2.75, 3.05) is 13.2 Å². The fourth-order valence-electron chi connectivity index (χ4n) is 1.45. The second-order valence-electron chi connectivity index (χ2n) is 5.34. The normalized spacial score (nSPS) is 13.1. The molecule has 0 fully saturated rings. The van der Waals surface area contributed by atoms with Gasteiger partial charge in [0.15, 0.2) is 5.96 Å². The minimum absolute atomic E-state index is 0.0490. The molecule has 0 aliphatic rings. The number of pyridine rings is 1. The lowest BCUT2D eigenvalue weighted by molar-refractivity contribution is -0.139. The summed E-state index contributed by atoms with van der Waals surface area (Å²) in [5.74, 6) is -0.245. The summed E-state index contributed by atoms with van der Waals surface area (Å²) >= 11 is 0. The summed E-state index contributed by atoms with van der Waals surface area (Å²) < 4.78 is 43.1. The molecule has 1 heterocycles. The van der Waals surface area contributed by atoms with E-state index in [1.54, 1.807) is 0 Å². The van der Waals surface area contributed by atoms with Crippen LogP contribution < -0.4 is 15.8 Å². The van der Waals surface area contributed by atoms with Gasteiger partial charge in [0.25, 0.3) is 0 Å². The fourth-order valence-corrected chi connectivity index (χ4v) is 1.45. The van der Waals surface area contributed by atoms with Gasteiger partial charge in [0.05, 0.1) is 6.54 Å². The zero-order chi connectivity index (χ0) is 16.1. The summed E-state index contributed by atoms with van der Waals surface area (Å²) in [6.07, 6.45) is -3.26. The van der Waals surface area contributed by atoms with E-state index in [0.717, 1.165) is 6.07 Å². The van der Waals surface area contributed by atoms with Crippen LogP contribution in [0.1, 0.15) is 26.3 Å².